The second kappa shape index (κ2) is 5.52. The molecule has 0 aromatic rings. The Morgan fingerprint density at radius 3 is 2.35 bits per heavy atom. The lowest BCUT2D eigenvalue weighted by atomic mass is 9.66. The zero-order chi connectivity index (χ0) is 13.1. The number of nitrogens with zero attached hydrogens (tertiary/aromatic N) is 1. The van der Waals surface area contributed by atoms with Gasteiger partial charge in [-0.3, -0.25) is 9.59 Å². The Hall–Kier alpha value is -1.06. The van der Waals surface area contributed by atoms with Crippen LogP contribution in [0.3, 0.4) is 0 Å². The van der Waals surface area contributed by atoms with Gasteiger partial charge in [-0.2, -0.15) is 0 Å². The number of carboxylic acids is 1. The van der Waals surface area contributed by atoms with E-state index in [9.17, 15) is 14.7 Å². The van der Waals surface area contributed by atoms with E-state index in [1.165, 1.54) is 0 Å². The molecule has 1 amide bonds. The predicted octanol–water partition coefficient (Wildman–Crippen LogP) is 2.14. The molecular weight excluding hydrogens is 218 g/mol. The van der Waals surface area contributed by atoms with E-state index in [0.717, 1.165) is 12.8 Å². The van der Waals surface area contributed by atoms with Crippen molar-refractivity contribution >= 4 is 11.9 Å². The van der Waals surface area contributed by atoms with Gasteiger partial charge < -0.3 is 10.0 Å². The Balaban J connectivity index is 2.50. The highest BCUT2D eigenvalue weighted by Gasteiger charge is 2.46. The Kier molecular flexibility index (Phi) is 4.54. The van der Waals surface area contributed by atoms with Crippen LogP contribution in [0, 0.1) is 11.3 Å². The first-order chi connectivity index (χ1) is 7.91. The highest BCUT2D eigenvalue weighted by Crippen LogP contribution is 2.44. The summed E-state index contributed by atoms with van der Waals surface area (Å²) in [6.07, 6.45) is 3.40. The van der Waals surface area contributed by atoms with Gasteiger partial charge in [0, 0.05) is 20.0 Å². The molecule has 0 aromatic heterocycles. The number of hydrogen-bond donors (Lipinski definition) is 1. The van der Waals surface area contributed by atoms with Crippen LogP contribution in [0.5, 0.6) is 0 Å². The number of rotatable bonds is 6. The van der Waals surface area contributed by atoms with E-state index in [4.69, 9.17) is 0 Å². The molecule has 1 N–H and O–H groups in total. The quantitative estimate of drug-likeness (QED) is 0.775. The summed E-state index contributed by atoms with van der Waals surface area (Å²) in [5, 5.41) is 9.17. The summed E-state index contributed by atoms with van der Waals surface area (Å²) in [4.78, 5) is 24.8. The molecule has 0 heterocycles. The van der Waals surface area contributed by atoms with Crippen LogP contribution in [0.1, 0.15) is 46.0 Å². The Bertz CT molecular complexity index is 297. The largest absolute Gasteiger partial charge is 0.481 e. The summed E-state index contributed by atoms with van der Waals surface area (Å²) in [5.41, 5.74) is -0.763. The topological polar surface area (TPSA) is 57.6 Å². The van der Waals surface area contributed by atoms with Crippen LogP contribution >= 0.6 is 0 Å². The lowest BCUT2D eigenvalue weighted by molar-refractivity contribution is -0.159. The fourth-order valence-electron chi connectivity index (χ4n) is 2.19. The van der Waals surface area contributed by atoms with Crippen LogP contribution in [0.4, 0.5) is 0 Å². The molecular formula is C13H23NO3. The fourth-order valence-corrected chi connectivity index (χ4v) is 2.19. The first kappa shape index (κ1) is 14.0. The van der Waals surface area contributed by atoms with E-state index in [1.54, 1.807) is 11.9 Å². The lowest BCUT2D eigenvalue weighted by Crippen LogP contribution is -2.43. The zero-order valence-corrected chi connectivity index (χ0v) is 11.0. The molecule has 0 spiro atoms. The number of aliphatic carboxylic acids is 1. The number of carboxylic acid groups (broad SMARTS) is 1. The average Bonchev–Trinajstić information content (AvgIpc) is 2.22. The summed E-state index contributed by atoms with van der Waals surface area (Å²) >= 11 is 0. The predicted molar refractivity (Wildman–Crippen MR) is 65.6 cm³/mol. The van der Waals surface area contributed by atoms with E-state index in [0.29, 0.717) is 25.3 Å². The van der Waals surface area contributed by atoms with Gasteiger partial charge in [0.2, 0.25) is 5.91 Å². The van der Waals surface area contributed by atoms with Crippen molar-refractivity contribution in [3.05, 3.63) is 0 Å². The van der Waals surface area contributed by atoms with Gasteiger partial charge in [0.1, 0.15) is 0 Å². The highest BCUT2D eigenvalue weighted by molar-refractivity contribution is 5.85. The van der Waals surface area contributed by atoms with Gasteiger partial charge >= 0.3 is 5.97 Å². The molecule has 0 bridgehead atoms. The van der Waals surface area contributed by atoms with E-state index in [1.807, 2.05) is 0 Å². The molecule has 1 atom stereocenters. The molecule has 1 aliphatic carbocycles. The molecule has 98 valence electrons. The first-order valence-corrected chi connectivity index (χ1v) is 6.38. The molecule has 17 heavy (non-hydrogen) atoms. The molecule has 4 heteroatoms. The molecule has 0 aliphatic heterocycles. The summed E-state index contributed by atoms with van der Waals surface area (Å²) in [6.45, 7) is 4.90. The van der Waals surface area contributed by atoms with Crippen LogP contribution in [-0.2, 0) is 9.59 Å². The molecule has 0 saturated heterocycles. The minimum atomic E-state index is -0.811. The van der Waals surface area contributed by atoms with Crippen LogP contribution in [0.15, 0.2) is 0 Å². The number of carbonyl (C=O) groups is 2. The van der Waals surface area contributed by atoms with Crippen LogP contribution in [-0.4, -0.2) is 35.5 Å². The Morgan fingerprint density at radius 1 is 1.41 bits per heavy atom. The fraction of sp³-hybridized carbons (Fsp3) is 0.846. The normalized spacial score (nSPS) is 19.2. The van der Waals surface area contributed by atoms with E-state index < -0.39 is 11.4 Å². The number of carbonyl (C=O) groups excluding carboxylic acids is 1. The molecule has 1 aliphatic rings. The van der Waals surface area contributed by atoms with Crippen LogP contribution < -0.4 is 0 Å². The van der Waals surface area contributed by atoms with Gasteiger partial charge in [0.05, 0.1) is 5.41 Å². The summed E-state index contributed by atoms with van der Waals surface area (Å²) in [6, 6.07) is 0. The third-order valence-electron chi connectivity index (χ3n) is 3.96. The maximum Gasteiger partial charge on any atom is 0.310 e. The van der Waals surface area contributed by atoms with Crippen molar-refractivity contribution < 1.29 is 14.7 Å². The monoisotopic (exact) mass is 241 g/mol. The molecule has 1 unspecified atom stereocenters. The molecule has 1 rings (SSSR count). The Labute approximate surface area is 103 Å². The smallest absolute Gasteiger partial charge is 0.310 e. The van der Waals surface area contributed by atoms with Crippen molar-refractivity contribution in [1.82, 2.24) is 4.90 Å². The summed E-state index contributed by atoms with van der Waals surface area (Å²) in [7, 11) is 1.77. The van der Waals surface area contributed by atoms with Gasteiger partial charge in [-0.1, -0.05) is 26.7 Å². The van der Waals surface area contributed by atoms with E-state index in [-0.39, 0.29) is 12.3 Å². The highest BCUT2D eigenvalue weighted by atomic mass is 16.4. The zero-order valence-electron chi connectivity index (χ0n) is 11.0. The standard InChI is InChI=1S/C13H23NO3/c1-4-10(2)9-14(3)11(15)8-13(12(16)17)6-5-7-13/h10H,4-9H2,1-3H3,(H,16,17). The van der Waals surface area contributed by atoms with Gasteiger partial charge in [0.25, 0.3) is 0 Å². The minimum Gasteiger partial charge on any atom is -0.481 e. The van der Waals surface area contributed by atoms with E-state index in [2.05, 4.69) is 13.8 Å². The van der Waals surface area contributed by atoms with Gasteiger partial charge in [-0.05, 0) is 18.8 Å². The molecule has 4 nitrogen and oxygen atoms in total. The maximum absolute atomic E-state index is 12.0. The number of amides is 1. The maximum atomic E-state index is 12.0. The summed E-state index contributed by atoms with van der Waals surface area (Å²) < 4.78 is 0. The van der Waals surface area contributed by atoms with Gasteiger partial charge in [-0.15, -0.1) is 0 Å². The van der Waals surface area contributed by atoms with Crippen molar-refractivity contribution in [1.29, 1.82) is 0 Å². The summed E-state index contributed by atoms with van der Waals surface area (Å²) in [5.74, 6) is -0.382. The van der Waals surface area contributed by atoms with Crippen molar-refractivity contribution in [2.24, 2.45) is 11.3 Å². The average molecular weight is 241 g/mol. The van der Waals surface area contributed by atoms with Crippen molar-refractivity contribution in [3.8, 4) is 0 Å². The van der Waals surface area contributed by atoms with Crippen molar-refractivity contribution in [2.45, 2.75) is 46.0 Å². The van der Waals surface area contributed by atoms with Gasteiger partial charge in [0.15, 0.2) is 0 Å². The van der Waals surface area contributed by atoms with Crippen LogP contribution in [0.2, 0.25) is 0 Å². The number of hydrogen-bond acceptors (Lipinski definition) is 2. The molecule has 0 radical (unpaired) electrons. The van der Waals surface area contributed by atoms with Crippen molar-refractivity contribution in [2.75, 3.05) is 13.6 Å². The first-order valence-electron chi connectivity index (χ1n) is 6.38. The second-order valence-corrected chi connectivity index (χ2v) is 5.40. The van der Waals surface area contributed by atoms with Gasteiger partial charge in [-0.25, -0.2) is 0 Å². The van der Waals surface area contributed by atoms with Crippen LogP contribution in [0.25, 0.3) is 0 Å². The van der Waals surface area contributed by atoms with E-state index >= 15 is 0 Å². The SMILES string of the molecule is CCC(C)CN(C)C(=O)CC1(C(=O)O)CCC1. The minimum absolute atomic E-state index is 0.0348. The third kappa shape index (κ3) is 3.20. The molecule has 1 fully saturated rings. The molecule has 1 saturated carbocycles. The molecule has 0 aromatic carbocycles. The second-order valence-electron chi connectivity index (χ2n) is 5.40. The van der Waals surface area contributed by atoms with Crippen molar-refractivity contribution in [3.63, 3.8) is 0 Å². The Morgan fingerprint density at radius 2 is 2.00 bits per heavy atom. The lowest BCUT2D eigenvalue weighted by Gasteiger charge is -2.38. The third-order valence-corrected chi connectivity index (χ3v) is 3.96.